The predicted molar refractivity (Wildman–Crippen MR) is 181 cm³/mol. The molecule has 16 heteroatoms. The number of carbonyl (C=O) groups excluding carboxylic acids is 4. The Bertz CT molecular complexity index is 1410. The Morgan fingerprint density at radius 2 is 1.26 bits per heavy atom. The summed E-state index contributed by atoms with van der Waals surface area (Å²) >= 11 is 0. The molecule has 2 aromatic carbocycles. The summed E-state index contributed by atoms with van der Waals surface area (Å²) in [6.07, 6.45) is 1.25. The zero-order valence-electron chi connectivity index (χ0n) is 26.5. The molecule has 0 aliphatic heterocycles. The van der Waals surface area contributed by atoms with Crippen molar-refractivity contribution in [2.45, 2.75) is 63.7 Å². The summed E-state index contributed by atoms with van der Waals surface area (Å²) in [6.45, 7) is 2.12. The number of hydrogen-bond donors (Lipinski definition) is 10. The van der Waals surface area contributed by atoms with Crippen LogP contribution in [0.25, 0.3) is 0 Å². The monoisotopic (exact) mass is 650 g/mol. The maximum atomic E-state index is 13.3. The first-order chi connectivity index (χ1) is 22.3. The zero-order chi connectivity index (χ0) is 34.8. The number of nitrogen functional groups attached to an aromatic ring is 1. The molecule has 0 unspecified atom stereocenters. The molecule has 4 amide bonds. The Hall–Kier alpha value is -5.67. The minimum absolute atomic E-state index is 0.0616. The van der Waals surface area contributed by atoms with Gasteiger partial charge in [0.25, 0.3) is 0 Å². The largest absolute Gasteiger partial charge is 0.384 e. The van der Waals surface area contributed by atoms with E-state index in [1.54, 1.807) is 36.4 Å². The van der Waals surface area contributed by atoms with Gasteiger partial charge in [0.05, 0.1) is 6.42 Å². The van der Waals surface area contributed by atoms with E-state index in [9.17, 15) is 19.2 Å². The number of guanidine groups is 2. The summed E-state index contributed by atoms with van der Waals surface area (Å²) in [5.74, 6) is -2.28. The third kappa shape index (κ3) is 14.8. The highest BCUT2D eigenvalue weighted by molar-refractivity contribution is 5.95. The van der Waals surface area contributed by atoms with E-state index in [-0.39, 0.29) is 62.6 Å². The van der Waals surface area contributed by atoms with Crippen molar-refractivity contribution in [1.82, 2.24) is 21.3 Å². The smallest absolute Gasteiger partial charge is 0.243 e. The van der Waals surface area contributed by atoms with Gasteiger partial charge in [0.2, 0.25) is 23.6 Å². The lowest BCUT2D eigenvalue weighted by Gasteiger charge is -2.23. The molecule has 3 atom stereocenters. The lowest BCUT2D eigenvalue weighted by atomic mass is 10.1. The molecule has 16 nitrogen and oxygen atoms in total. The second kappa shape index (κ2) is 19.7. The maximum Gasteiger partial charge on any atom is 0.243 e. The summed E-state index contributed by atoms with van der Waals surface area (Å²) in [6, 6.07) is 12.9. The lowest BCUT2D eigenvalue weighted by Crippen LogP contribution is -2.55. The van der Waals surface area contributed by atoms with Gasteiger partial charge in [-0.05, 0) is 43.7 Å². The number of rotatable bonds is 19. The molecular weight excluding hydrogens is 604 g/mol. The molecule has 2 rings (SSSR count). The van der Waals surface area contributed by atoms with Gasteiger partial charge in [-0.25, -0.2) is 0 Å². The van der Waals surface area contributed by atoms with Gasteiger partial charge in [0.1, 0.15) is 24.0 Å². The summed E-state index contributed by atoms with van der Waals surface area (Å²) < 4.78 is 0. The zero-order valence-corrected chi connectivity index (χ0v) is 26.5. The topological polar surface area (TPSA) is 295 Å². The molecule has 0 radical (unpaired) electrons. The van der Waals surface area contributed by atoms with E-state index in [0.717, 1.165) is 11.1 Å². The molecule has 0 saturated heterocycles. The quantitative estimate of drug-likeness (QED) is 0.0475. The Balaban J connectivity index is 2.07. The van der Waals surface area contributed by atoms with E-state index in [1.165, 1.54) is 6.92 Å². The Morgan fingerprint density at radius 3 is 1.79 bits per heavy atom. The fourth-order valence-corrected chi connectivity index (χ4v) is 4.36. The van der Waals surface area contributed by atoms with Crippen molar-refractivity contribution in [3.63, 3.8) is 0 Å². The minimum Gasteiger partial charge on any atom is -0.384 e. The summed E-state index contributed by atoms with van der Waals surface area (Å²) in [4.78, 5) is 60.2. The average molecular weight is 651 g/mol. The van der Waals surface area contributed by atoms with Crippen molar-refractivity contribution >= 4 is 41.4 Å². The van der Waals surface area contributed by atoms with Crippen molar-refractivity contribution in [2.75, 3.05) is 13.1 Å². The number of amidine groups is 1. The summed E-state index contributed by atoms with van der Waals surface area (Å²) in [5, 5.41) is 18.4. The first kappa shape index (κ1) is 37.5. The molecule has 47 heavy (non-hydrogen) atoms. The van der Waals surface area contributed by atoms with E-state index in [2.05, 4.69) is 31.3 Å². The molecule has 0 heterocycles. The van der Waals surface area contributed by atoms with Crippen LogP contribution in [0.1, 0.15) is 49.3 Å². The Kier molecular flexibility index (Phi) is 15.7. The molecular formula is C31H46N12O4. The molecule has 254 valence electrons. The third-order valence-electron chi connectivity index (χ3n) is 6.87. The third-order valence-corrected chi connectivity index (χ3v) is 6.87. The average Bonchev–Trinajstić information content (AvgIpc) is 3.02. The van der Waals surface area contributed by atoms with Gasteiger partial charge in [-0.15, -0.1) is 0 Å². The van der Waals surface area contributed by atoms with Crippen molar-refractivity contribution in [3.05, 3.63) is 71.3 Å². The number of amides is 4. The fourth-order valence-electron chi connectivity index (χ4n) is 4.36. The Morgan fingerprint density at radius 1 is 0.702 bits per heavy atom. The molecule has 0 aliphatic carbocycles. The van der Waals surface area contributed by atoms with E-state index < -0.39 is 35.8 Å². The molecule has 2 aromatic rings. The highest BCUT2D eigenvalue weighted by Crippen LogP contribution is 2.07. The van der Waals surface area contributed by atoms with E-state index in [4.69, 9.17) is 34.1 Å². The standard InChI is InChI=1S/C31H46N12O4/c1-19(41-29(47)24(10-6-16-39-31(36)37)42-25(44)17-20-7-3-2-4-8-20)27(45)43-23(9-5-15-38-30(34)35)28(46)40-18-21-11-13-22(14-12-21)26(32)33/h2-4,7-8,11-14,19,23-24H,5-6,9-10,15-18H2,1H3,(H3,32,33)(H,40,46)(H,41,47)(H,42,44)(H,43,45)(H4,34,35,38)(H4,36,37,39)/t19-,23-,24-/m0/s1. The maximum absolute atomic E-state index is 13.3. The van der Waals surface area contributed by atoms with Crippen LogP contribution < -0.4 is 49.9 Å². The van der Waals surface area contributed by atoms with Gasteiger partial charge in [-0.2, -0.15) is 0 Å². The SMILES string of the molecule is C[C@H](NC(=O)[C@H](CCCN=C(N)N)NC(=O)Cc1ccccc1)C(=O)N[C@@H](CCCN=C(N)N)C(=O)NCc1ccc(C(=N)N)cc1. The van der Waals surface area contributed by atoms with Crippen molar-refractivity contribution in [1.29, 1.82) is 5.41 Å². The van der Waals surface area contributed by atoms with Gasteiger partial charge in [-0.3, -0.25) is 34.6 Å². The van der Waals surface area contributed by atoms with Crippen LogP contribution in [-0.4, -0.2) is 72.6 Å². The van der Waals surface area contributed by atoms with Crippen molar-refractivity contribution in [3.8, 4) is 0 Å². The van der Waals surface area contributed by atoms with Crippen LogP contribution in [0.5, 0.6) is 0 Å². The van der Waals surface area contributed by atoms with Crippen molar-refractivity contribution in [2.24, 2.45) is 38.7 Å². The molecule has 0 fully saturated rings. The molecule has 0 saturated carbocycles. The first-order valence-corrected chi connectivity index (χ1v) is 15.1. The van der Waals surface area contributed by atoms with Crippen LogP contribution in [0.4, 0.5) is 0 Å². The van der Waals surface area contributed by atoms with E-state index >= 15 is 0 Å². The summed E-state index contributed by atoms with van der Waals surface area (Å²) in [5.41, 5.74) is 29.1. The molecule has 0 aromatic heterocycles. The normalized spacial score (nSPS) is 12.4. The highest BCUT2D eigenvalue weighted by atomic mass is 16.2. The van der Waals surface area contributed by atoms with Crippen LogP contribution in [-0.2, 0) is 32.1 Å². The molecule has 0 spiro atoms. The number of aliphatic imine (C=N–C) groups is 2. The van der Waals surface area contributed by atoms with Gasteiger partial charge in [-0.1, -0.05) is 54.6 Å². The summed E-state index contributed by atoms with van der Waals surface area (Å²) in [7, 11) is 0. The molecule has 0 aliphatic rings. The van der Waals surface area contributed by atoms with Crippen LogP contribution in [0.2, 0.25) is 0 Å². The van der Waals surface area contributed by atoms with Crippen molar-refractivity contribution < 1.29 is 19.2 Å². The second-order valence-corrected chi connectivity index (χ2v) is 10.8. The fraction of sp³-hybridized carbons (Fsp3) is 0.387. The Labute approximate surface area is 273 Å². The predicted octanol–water partition coefficient (Wildman–Crippen LogP) is -1.59. The lowest BCUT2D eigenvalue weighted by molar-refractivity contribution is -0.133. The number of nitrogens with one attached hydrogen (secondary N) is 5. The number of nitrogens with two attached hydrogens (primary N) is 5. The number of carbonyl (C=O) groups is 4. The van der Waals surface area contributed by atoms with E-state index in [0.29, 0.717) is 18.4 Å². The van der Waals surface area contributed by atoms with Gasteiger partial charge in [0.15, 0.2) is 11.9 Å². The first-order valence-electron chi connectivity index (χ1n) is 15.1. The van der Waals surface area contributed by atoms with Gasteiger partial charge >= 0.3 is 0 Å². The molecule has 15 N–H and O–H groups in total. The molecule has 0 bridgehead atoms. The van der Waals surface area contributed by atoms with Crippen LogP contribution in [0, 0.1) is 5.41 Å². The second-order valence-electron chi connectivity index (χ2n) is 10.8. The highest BCUT2D eigenvalue weighted by Gasteiger charge is 2.27. The van der Waals surface area contributed by atoms with Crippen LogP contribution in [0.15, 0.2) is 64.6 Å². The van der Waals surface area contributed by atoms with Crippen LogP contribution in [0.3, 0.4) is 0 Å². The minimum atomic E-state index is -1.05. The number of hydrogen-bond acceptors (Lipinski definition) is 7. The van der Waals surface area contributed by atoms with Gasteiger partial charge < -0.3 is 49.9 Å². The number of nitrogens with zero attached hydrogens (tertiary/aromatic N) is 2. The van der Waals surface area contributed by atoms with E-state index in [1.807, 2.05) is 18.2 Å². The number of benzene rings is 2. The van der Waals surface area contributed by atoms with Gasteiger partial charge in [0, 0.05) is 25.2 Å². The van der Waals surface area contributed by atoms with Crippen LogP contribution >= 0.6 is 0 Å².